The number of hydrogen-bond acceptors (Lipinski definition) is 5. The highest BCUT2D eigenvalue weighted by Crippen LogP contribution is 2.65. The van der Waals surface area contributed by atoms with Gasteiger partial charge in [0.05, 0.1) is 18.3 Å². The number of Topliss-reactive ketones (excluding diaryl/α,β-unsaturated/α-hetero) is 1. The van der Waals surface area contributed by atoms with Gasteiger partial charge in [0, 0.05) is 18.3 Å². The van der Waals surface area contributed by atoms with Gasteiger partial charge in [-0.3, -0.25) is 18.9 Å². The van der Waals surface area contributed by atoms with Gasteiger partial charge in [-0.1, -0.05) is 19.4 Å². The minimum Gasteiger partial charge on any atom is -0.299 e. The summed E-state index contributed by atoms with van der Waals surface area (Å²) in [6.45, 7) is 4.47. The molecule has 5 heteroatoms. The van der Waals surface area contributed by atoms with Gasteiger partial charge < -0.3 is 0 Å². The zero-order valence-electron chi connectivity index (χ0n) is 14.5. The van der Waals surface area contributed by atoms with Crippen molar-refractivity contribution < 1.29 is 13.8 Å². The van der Waals surface area contributed by atoms with Crippen LogP contribution in [0.15, 0.2) is 11.6 Å². The standard InChI is InChI=1S/C19H27NO3S/c1-18-8-7-12(21)9-11(18)3-4-13-14-5-6-16(22)19(14,2)10-15(17(13)18)23-24-20/h9,13-15,17H,3-8,10,20H2,1-2H3. The molecule has 3 fully saturated rings. The van der Waals surface area contributed by atoms with E-state index in [9.17, 15) is 9.59 Å². The summed E-state index contributed by atoms with van der Waals surface area (Å²) >= 11 is 0.939. The van der Waals surface area contributed by atoms with E-state index < -0.39 is 0 Å². The van der Waals surface area contributed by atoms with E-state index in [1.807, 2.05) is 6.08 Å². The Morgan fingerprint density at radius 2 is 1.96 bits per heavy atom. The third kappa shape index (κ3) is 2.20. The molecule has 0 aliphatic heterocycles. The Hall–Kier alpha value is -0.650. The normalized spacial score (nSPS) is 47.7. The first-order valence-corrected chi connectivity index (χ1v) is 10.00. The molecule has 3 saturated carbocycles. The summed E-state index contributed by atoms with van der Waals surface area (Å²) in [5, 5.41) is 5.67. The maximum absolute atomic E-state index is 12.6. The second kappa shape index (κ2) is 5.68. The van der Waals surface area contributed by atoms with Gasteiger partial charge in [0.1, 0.15) is 5.78 Å². The quantitative estimate of drug-likeness (QED) is 0.609. The molecule has 0 bridgehead atoms. The SMILES string of the molecule is CC12CC(OSN)C3C(CCC4=CC(=O)CCC43C)C1CCC2=O. The van der Waals surface area contributed by atoms with E-state index >= 15 is 0 Å². The summed E-state index contributed by atoms with van der Waals surface area (Å²) in [4.78, 5) is 24.5. The van der Waals surface area contributed by atoms with E-state index in [2.05, 4.69) is 13.8 Å². The molecule has 0 aromatic heterocycles. The predicted octanol–water partition coefficient (Wildman–Crippen LogP) is 3.60. The third-order valence-corrected chi connectivity index (χ3v) is 8.12. The second-order valence-corrected chi connectivity index (χ2v) is 9.09. The van der Waals surface area contributed by atoms with Gasteiger partial charge in [-0.2, -0.15) is 0 Å². The van der Waals surface area contributed by atoms with Crippen LogP contribution in [-0.2, 0) is 13.8 Å². The molecule has 4 aliphatic rings. The van der Waals surface area contributed by atoms with Crippen LogP contribution in [0.3, 0.4) is 0 Å². The number of hydrogen-bond donors (Lipinski definition) is 1. The molecule has 0 aromatic carbocycles. The maximum Gasteiger partial charge on any atom is 0.155 e. The van der Waals surface area contributed by atoms with Crippen LogP contribution in [0.4, 0.5) is 0 Å². The van der Waals surface area contributed by atoms with E-state index in [-0.39, 0.29) is 22.7 Å². The highest BCUT2D eigenvalue weighted by molar-refractivity contribution is 7.92. The molecule has 0 heterocycles. The van der Waals surface area contributed by atoms with Crippen LogP contribution in [0, 0.1) is 28.6 Å². The van der Waals surface area contributed by atoms with Gasteiger partial charge in [0.25, 0.3) is 0 Å². The molecule has 132 valence electrons. The largest absolute Gasteiger partial charge is 0.299 e. The number of allylic oxidation sites excluding steroid dienone is 1. The molecule has 0 amide bonds. The van der Waals surface area contributed by atoms with E-state index in [0.717, 1.165) is 44.3 Å². The molecule has 0 saturated heterocycles. The first kappa shape index (κ1) is 16.8. The number of ketones is 2. The highest BCUT2D eigenvalue weighted by atomic mass is 32.2. The van der Waals surface area contributed by atoms with Gasteiger partial charge in [-0.15, -0.1) is 0 Å². The van der Waals surface area contributed by atoms with E-state index in [0.29, 0.717) is 36.4 Å². The average molecular weight is 349 g/mol. The van der Waals surface area contributed by atoms with Gasteiger partial charge in [-0.05, 0) is 61.3 Å². The van der Waals surface area contributed by atoms with Crippen LogP contribution in [0.1, 0.15) is 58.8 Å². The van der Waals surface area contributed by atoms with Crippen LogP contribution < -0.4 is 5.14 Å². The lowest BCUT2D eigenvalue weighted by Gasteiger charge is -2.59. The van der Waals surface area contributed by atoms with Crippen molar-refractivity contribution in [1.29, 1.82) is 0 Å². The Kier molecular flexibility index (Phi) is 3.98. The van der Waals surface area contributed by atoms with Crippen LogP contribution >= 0.6 is 12.2 Å². The van der Waals surface area contributed by atoms with Crippen molar-refractivity contribution in [2.45, 2.75) is 64.9 Å². The van der Waals surface area contributed by atoms with Crippen LogP contribution in [0.2, 0.25) is 0 Å². The summed E-state index contributed by atoms with van der Waals surface area (Å²) in [7, 11) is 0. The van der Waals surface area contributed by atoms with Crippen LogP contribution in [0.5, 0.6) is 0 Å². The van der Waals surface area contributed by atoms with E-state index in [4.69, 9.17) is 9.32 Å². The van der Waals surface area contributed by atoms with Gasteiger partial charge in [0.2, 0.25) is 0 Å². The van der Waals surface area contributed by atoms with Crippen molar-refractivity contribution in [3.8, 4) is 0 Å². The molecule has 0 aromatic rings. The predicted molar refractivity (Wildman–Crippen MR) is 93.8 cm³/mol. The Morgan fingerprint density at radius 1 is 1.17 bits per heavy atom. The first-order chi connectivity index (χ1) is 11.4. The fourth-order valence-electron chi connectivity index (χ4n) is 6.58. The Bertz CT molecular complexity index is 618. The Morgan fingerprint density at radius 3 is 2.71 bits per heavy atom. The molecule has 4 aliphatic carbocycles. The van der Waals surface area contributed by atoms with Gasteiger partial charge in [0.15, 0.2) is 5.78 Å². The van der Waals surface area contributed by atoms with Gasteiger partial charge >= 0.3 is 0 Å². The topological polar surface area (TPSA) is 69.4 Å². The Labute approximate surface area is 148 Å². The summed E-state index contributed by atoms with van der Waals surface area (Å²) in [5.41, 5.74) is 1.08. The highest BCUT2D eigenvalue weighted by Gasteiger charge is 2.62. The van der Waals surface area contributed by atoms with Crippen molar-refractivity contribution >= 4 is 23.8 Å². The molecule has 4 rings (SSSR count). The fraction of sp³-hybridized carbons (Fsp3) is 0.789. The lowest BCUT2D eigenvalue weighted by Crippen LogP contribution is -2.57. The number of carbonyl (C=O) groups excluding carboxylic acids is 2. The number of fused-ring (bicyclic) bond motifs is 5. The van der Waals surface area contributed by atoms with Crippen molar-refractivity contribution in [3.63, 3.8) is 0 Å². The van der Waals surface area contributed by atoms with Crippen molar-refractivity contribution in [2.24, 2.45) is 33.7 Å². The lowest BCUT2D eigenvalue weighted by molar-refractivity contribution is -0.142. The maximum atomic E-state index is 12.6. The minimum absolute atomic E-state index is 0.00444. The molecular formula is C19H27NO3S. The zero-order chi connectivity index (χ0) is 17.1. The summed E-state index contributed by atoms with van der Waals surface area (Å²) in [6, 6.07) is 0. The lowest BCUT2D eigenvalue weighted by atomic mass is 9.46. The van der Waals surface area contributed by atoms with E-state index in [1.54, 1.807) is 0 Å². The van der Waals surface area contributed by atoms with Crippen molar-refractivity contribution in [3.05, 3.63) is 11.6 Å². The molecule has 6 unspecified atom stereocenters. The summed E-state index contributed by atoms with van der Waals surface area (Å²) in [5.74, 6) is 2.01. The van der Waals surface area contributed by atoms with Gasteiger partial charge in [-0.25, -0.2) is 0 Å². The summed E-state index contributed by atoms with van der Waals surface area (Å²) in [6.07, 6.45) is 8.01. The van der Waals surface area contributed by atoms with Crippen LogP contribution in [-0.4, -0.2) is 17.7 Å². The minimum atomic E-state index is -0.246. The molecule has 6 atom stereocenters. The number of carbonyl (C=O) groups is 2. The first-order valence-electron chi connectivity index (χ1n) is 9.19. The van der Waals surface area contributed by atoms with Crippen LogP contribution in [0.25, 0.3) is 0 Å². The molecule has 0 spiro atoms. The molecule has 4 nitrogen and oxygen atoms in total. The zero-order valence-corrected chi connectivity index (χ0v) is 15.4. The summed E-state index contributed by atoms with van der Waals surface area (Å²) < 4.78 is 5.95. The monoisotopic (exact) mass is 349 g/mol. The van der Waals surface area contributed by atoms with E-state index in [1.165, 1.54) is 5.57 Å². The average Bonchev–Trinajstić information content (AvgIpc) is 2.83. The number of rotatable bonds is 2. The smallest absolute Gasteiger partial charge is 0.155 e. The van der Waals surface area contributed by atoms with Crippen molar-refractivity contribution in [2.75, 3.05) is 0 Å². The third-order valence-electron chi connectivity index (χ3n) is 7.76. The molecule has 0 radical (unpaired) electrons. The molecule has 24 heavy (non-hydrogen) atoms. The van der Waals surface area contributed by atoms with Crippen molar-refractivity contribution in [1.82, 2.24) is 0 Å². The fourth-order valence-corrected chi connectivity index (χ4v) is 6.91. The molecular weight excluding hydrogens is 322 g/mol. The number of nitrogens with two attached hydrogens (primary N) is 1. The second-order valence-electron chi connectivity index (χ2n) is 8.70. The Balaban J connectivity index is 1.77. The molecule has 2 N–H and O–H groups in total.